The molecule has 0 aromatic heterocycles. The third-order valence-corrected chi connectivity index (χ3v) is 3.16. The van der Waals surface area contributed by atoms with Crippen LogP contribution in [0.25, 0.3) is 0 Å². The minimum atomic E-state index is -0.222. The number of carbonyl (C=O) groups excluding carboxylic acids is 1. The van der Waals surface area contributed by atoms with E-state index in [0.29, 0.717) is 30.2 Å². The fourth-order valence-electron chi connectivity index (χ4n) is 2.10. The molecule has 2 aromatic carbocycles. The van der Waals surface area contributed by atoms with Crippen molar-refractivity contribution in [3.8, 4) is 11.5 Å². The second kappa shape index (κ2) is 8.93. The Kier molecular flexibility index (Phi) is 6.63. The largest absolute Gasteiger partial charge is 0.491 e. The molecular weight excluding hydrogens is 306 g/mol. The molecule has 0 spiro atoms. The van der Waals surface area contributed by atoms with Gasteiger partial charge in [-0.2, -0.15) is 0 Å². The molecule has 0 unspecified atom stereocenters. The van der Waals surface area contributed by atoms with E-state index in [0.717, 1.165) is 5.75 Å². The smallest absolute Gasteiger partial charge is 0.259 e. The fourth-order valence-corrected chi connectivity index (χ4v) is 2.10. The van der Waals surface area contributed by atoms with Crippen molar-refractivity contribution in [1.29, 1.82) is 0 Å². The predicted octanol–water partition coefficient (Wildman–Crippen LogP) is 3.75. The highest BCUT2D eigenvalue weighted by Gasteiger charge is 2.12. The minimum Gasteiger partial charge on any atom is -0.491 e. The molecule has 0 saturated heterocycles. The highest BCUT2D eigenvalue weighted by molar-refractivity contribution is 6.06. The van der Waals surface area contributed by atoms with E-state index in [2.05, 4.69) is 5.32 Å². The Hall–Kier alpha value is -2.53. The summed E-state index contributed by atoms with van der Waals surface area (Å²) in [4.78, 5) is 12.5. The van der Waals surface area contributed by atoms with E-state index in [1.54, 1.807) is 25.3 Å². The van der Waals surface area contributed by atoms with E-state index in [-0.39, 0.29) is 12.0 Å². The van der Waals surface area contributed by atoms with Gasteiger partial charge < -0.3 is 19.5 Å². The second-order valence-corrected chi connectivity index (χ2v) is 5.48. The molecule has 0 aliphatic heterocycles. The van der Waals surface area contributed by atoms with Crippen molar-refractivity contribution in [3.63, 3.8) is 0 Å². The standard InChI is InChI=1S/C19H23NO4/c1-14(2)24-16-10-8-15(9-11-16)20-19(21)17-6-4-5-7-18(17)23-13-12-22-3/h4-11,14H,12-13H2,1-3H3,(H,20,21). The maximum Gasteiger partial charge on any atom is 0.259 e. The fraction of sp³-hybridized carbons (Fsp3) is 0.316. The molecular formula is C19H23NO4. The summed E-state index contributed by atoms with van der Waals surface area (Å²) in [6.07, 6.45) is 0.113. The normalized spacial score (nSPS) is 10.5. The van der Waals surface area contributed by atoms with Crippen LogP contribution < -0.4 is 14.8 Å². The summed E-state index contributed by atoms with van der Waals surface area (Å²) in [6, 6.07) is 14.4. The number of anilines is 1. The average molecular weight is 329 g/mol. The lowest BCUT2D eigenvalue weighted by Gasteiger charge is -2.12. The summed E-state index contributed by atoms with van der Waals surface area (Å²) >= 11 is 0. The molecule has 0 fully saturated rings. The van der Waals surface area contributed by atoms with Crippen LogP contribution in [0.4, 0.5) is 5.69 Å². The summed E-state index contributed by atoms with van der Waals surface area (Å²) in [5.41, 5.74) is 1.18. The number of carbonyl (C=O) groups is 1. The van der Waals surface area contributed by atoms with Crippen LogP contribution in [-0.2, 0) is 4.74 Å². The number of rotatable bonds is 8. The number of hydrogen-bond donors (Lipinski definition) is 1. The molecule has 0 aliphatic carbocycles. The Labute approximate surface area is 142 Å². The van der Waals surface area contributed by atoms with Gasteiger partial charge in [0.15, 0.2) is 0 Å². The molecule has 5 nitrogen and oxygen atoms in total. The number of nitrogens with one attached hydrogen (secondary N) is 1. The van der Waals surface area contributed by atoms with Crippen LogP contribution in [0, 0.1) is 0 Å². The van der Waals surface area contributed by atoms with E-state index >= 15 is 0 Å². The van der Waals surface area contributed by atoms with E-state index < -0.39 is 0 Å². The van der Waals surface area contributed by atoms with Gasteiger partial charge in [-0.1, -0.05) is 12.1 Å². The van der Waals surface area contributed by atoms with Gasteiger partial charge in [-0.05, 0) is 50.2 Å². The van der Waals surface area contributed by atoms with Gasteiger partial charge in [-0.3, -0.25) is 4.79 Å². The molecule has 0 saturated carbocycles. The first kappa shape index (κ1) is 17.8. The van der Waals surface area contributed by atoms with Gasteiger partial charge in [0.25, 0.3) is 5.91 Å². The molecule has 128 valence electrons. The van der Waals surface area contributed by atoms with Crippen LogP contribution in [0.5, 0.6) is 11.5 Å². The molecule has 2 aromatic rings. The molecule has 0 heterocycles. The molecule has 1 N–H and O–H groups in total. The topological polar surface area (TPSA) is 56.8 Å². The van der Waals surface area contributed by atoms with Gasteiger partial charge >= 0.3 is 0 Å². The first-order valence-electron chi connectivity index (χ1n) is 7.89. The lowest BCUT2D eigenvalue weighted by molar-refractivity contribution is 0.101. The second-order valence-electron chi connectivity index (χ2n) is 5.48. The van der Waals surface area contributed by atoms with Crippen molar-refractivity contribution in [2.75, 3.05) is 25.6 Å². The Balaban J connectivity index is 2.04. The Morgan fingerprint density at radius 1 is 1.04 bits per heavy atom. The van der Waals surface area contributed by atoms with Crippen molar-refractivity contribution in [1.82, 2.24) is 0 Å². The lowest BCUT2D eigenvalue weighted by atomic mass is 10.2. The predicted molar refractivity (Wildman–Crippen MR) is 94.0 cm³/mol. The van der Waals surface area contributed by atoms with Crippen LogP contribution in [0.15, 0.2) is 48.5 Å². The summed E-state index contributed by atoms with van der Waals surface area (Å²) in [5, 5.41) is 2.86. The third-order valence-electron chi connectivity index (χ3n) is 3.16. The van der Waals surface area contributed by atoms with Gasteiger partial charge in [0, 0.05) is 12.8 Å². The van der Waals surface area contributed by atoms with Crippen molar-refractivity contribution in [2.45, 2.75) is 20.0 Å². The quantitative estimate of drug-likeness (QED) is 0.749. The summed E-state index contributed by atoms with van der Waals surface area (Å²) in [7, 11) is 1.61. The number of benzene rings is 2. The number of para-hydroxylation sites is 1. The van der Waals surface area contributed by atoms with Crippen LogP contribution in [0.1, 0.15) is 24.2 Å². The Bertz CT molecular complexity index is 653. The van der Waals surface area contributed by atoms with Gasteiger partial charge in [0.05, 0.1) is 18.3 Å². The molecule has 0 aliphatic rings. The first-order valence-corrected chi connectivity index (χ1v) is 7.89. The van der Waals surface area contributed by atoms with Crippen LogP contribution in [-0.4, -0.2) is 32.3 Å². The monoisotopic (exact) mass is 329 g/mol. The Morgan fingerprint density at radius 2 is 1.75 bits per heavy atom. The zero-order valence-electron chi connectivity index (χ0n) is 14.2. The van der Waals surface area contributed by atoms with E-state index in [1.807, 2.05) is 44.2 Å². The van der Waals surface area contributed by atoms with Gasteiger partial charge in [-0.15, -0.1) is 0 Å². The third kappa shape index (κ3) is 5.28. The number of hydrogen-bond acceptors (Lipinski definition) is 4. The van der Waals surface area contributed by atoms with Crippen molar-refractivity contribution >= 4 is 11.6 Å². The Morgan fingerprint density at radius 3 is 2.42 bits per heavy atom. The number of ether oxygens (including phenoxy) is 3. The summed E-state index contributed by atoms with van der Waals surface area (Å²) in [6.45, 7) is 4.79. The summed E-state index contributed by atoms with van der Waals surface area (Å²) < 4.78 is 16.1. The SMILES string of the molecule is COCCOc1ccccc1C(=O)Nc1ccc(OC(C)C)cc1. The zero-order valence-corrected chi connectivity index (χ0v) is 14.2. The van der Waals surface area contributed by atoms with Gasteiger partial charge in [0.1, 0.15) is 18.1 Å². The summed E-state index contributed by atoms with van der Waals surface area (Å²) in [5.74, 6) is 1.08. The lowest BCUT2D eigenvalue weighted by Crippen LogP contribution is -2.15. The molecule has 1 amide bonds. The van der Waals surface area contributed by atoms with Gasteiger partial charge in [-0.25, -0.2) is 0 Å². The molecule has 24 heavy (non-hydrogen) atoms. The molecule has 2 rings (SSSR count). The van der Waals surface area contributed by atoms with E-state index in [4.69, 9.17) is 14.2 Å². The van der Waals surface area contributed by atoms with Crippen LogP contribution in [0.3, 0.4) is 0 Å². The maximum absolute atomic E-state index is 12.5. The molecule has 0 radical (unpaired) electrons. The van der Waals surface area contributed by atoms with E-state index in [1.165, 1.54) is 0 Å². The highest BCUT2D eigenvalue weighted by Crippen LogP contribution is 2.21. The molecule has 5 heteroatoms. The van der Waals surface area contributed by atoms with Crippen molar-refractivity contribution < 1.29 is 19.0 Å². The molecule has 0 bridgehead atoms. The van der Waals surface area contributed by atoms with Crippen LogP contribution in [0.2, 0.25) is 0 Å². The zero-order chi connectivity index (χ0) is 17.4. The highest BCUT2D eigenvalue weighted by atomic mass is 16.5. The number of methoxy groups -OCH3 is 1. The van der Waals surface area contributed by atoms with Crippen molar-refractivity contribution in [3.05, 3.63) is 54.1 Å². The minimum absolute atomic E-state index is 0.113. The van der Waals surface area contributed by atoms with Crippen molar-refractivity contribution in [2.24, 2.45) is 0 Å². The molecule has 0 atom stereocenters. The first-order chi connectivity index (χ1) is 11.6. The number of amides is 1. The average Bonchev–Trinajstić information content (AvgIpc) is 2.57. The maximum atomic E-state index is 12.5. The van der Waals surface area contributed by atoms with E-state index in [9.17, 15) is 4.79 Å². The van der Waals surface area contributed by atoms with Crippen LogP contribution >= 0.6 is 0 Å². The van der Waals surface area contributed by atoms with Gasteiger partial charge in [0.2, 0.25) is 0 Å².